The first-order chi connectivity index (χ1) is 14.8. The Morgan fingerprint density at radius 2 is 1.74 bits per heavy atom. The van der Waals surface area contributed by atoms with Crippen molar-refractivity contribution in [3.63, 3.8) is 0 Å². The molecule has 0 saturated heterocycles. The highest BCUT2D eigenvalue weighted by Crippen LogP contribution is 2.50. The number of aromatic hydroxyl groups is 2. The lowest BCUT2D eigenvalue weighted by Gasteiger charge is -2.31. The number of phenolic OH excluding ortho intramolecular Hbond substituents is 2. The van der Waals surface area contributed by atoms with Gasteiger partial charge in [-0.25, -0.2) is 0 Å². The highest BCUT2D eigenvalue weighted by Gasteiger charge is 2.64. The Hall–Kier alpha value is -3.11. The molecule has 2 aromatic carbocycles. The van der Waals surface area contributed by atoms with Crippen molar-refractivity contribution >= 4 is 11.0 Å². The molecule has 1 saturated carbocycles. The van der Waals surface area contributed by atoms with E-state index in [1.54, 1.807) is 12.1 Å². The van der Waals surface area contributed by atoms with Crippen molar-refractivity contribution < 1.29 is 39.8 Å². The van der Waals surface area contributed by atoms with Crippen molar-refractivity contribution in [2.45, 2.75) is 30.3 Å². The van der Waals surface area contributed by atoms with Gasteiger partial charge in [0.2, 0.25) is 0 Å². The molecule has 9 nitrogen and oxygen atoms in total. The number of hydrogen-bond donors (Lipinski definition) is 6. The summed E-state index contributed by atoms with van der Waals surface area (Å²) in [4.78, 5) is 12.8. The zero-order valence-electron chi connectivity index (χ0n) is 16.1. The smallest absolute Gasteiger partial charge is 0.197 e. The summed E-state index contributed by atoms with van der Waals surface area (Å²) in [5, 5.41) is 61.0. The van der Waals surface area contributed by atoms with Crippen LogP contribution < -0.4 is 10.2 Å². The van der Waals surface area contributed by atoms with Crippen molar-refractivity contribution in [3.05, 3.63) is 52.2 Å². The topological polar surface area (TPSA) is 161 Å². The van der Waals surface area contributed by atoms with Gasteiger partial charge in [0.05, 0.1) is 12.7 Å². The van der Waals surface area contributed by atoms with Crippen LogP contribution in [0.2, 0.25) is 0 Å². The molecular formula is C22H20O9. The molecule has 1 spiro atoms. The summed E-state index contributed by atoms with van der Waals surface area (Å²) in [6.45, 7) is -0.563. The lowest BCUT2D eigenvalue weighted by molar-refractivity contribution is -0.0962. The van der Waals surface area contributed by atoms with Crippen LogP contribution >= 0.6 is 0 Å². The Labute approximate surface area is 175 Å². The van der Waals surface area contributed by atoms with Crippen molar-refractivity contribution in [2.75, 3.05) is 6.61 Å². The monoisotopic (exact) mass is 428 g/mol. The summed E-state index contributed by atoms with van der Waals surface area (Å²) >= 11 is 0. The molecule has 9 heteroatoms. The average Bonchev–Trinajstić information content (AvgIpc) is 3.21. The predicted octanol–water partition coefficient (Wildman–Crippen LogP) is 0.250. The minimum absolute atomic E-state index is 0.0313. The van der Waals surface area contributed by atoms with Gasteiger partial charge in [-0.1, -0.05) is 0 Å². The van der Waals surface area contributed by atoms with Crippen LogP contribution in [-0.4, -0.2) is 61.2 Å². The molecule has 1 aliphatic heterocycles. The van der Waals surface area contributed by atoms with Crippen molar-refractivity contribution in [3.8, 4) is 28.6 Å². The van der Waals surface area contributed by atoms with Gasteiger partial charge in [-0.2, -0.15) is 0 Å². The van der Waals surface area contributed by atoms with E-state index in [1.165, 1.54) is 24.3 Å². The second-order valence-corrected chi connectivity index (χ2v) is 8.06. The van der Waals surface area contributed by atoms with E-state index in [0.717, 1.165) is 0 Å². The van der Waals surface area contributed by atoms with Crippen LogP contribution in [0.3, 0.4) is 0 Å². The van der Waals surface area contributed by atoms with Gasteiger partial charge in [0.25, 0.3) is 0 Å². The third kappa shape index (κ3) is 2.68. The van der Waals surface area contributed by atoms with Crippen molar-refractivity contribution in [1.82, 2.24) is 0 Å². The predicted molar refractivity (Wildman–Crippen MR) is 107 cm³/mol. The SMILES string of the molecule is O=c1cc(-c2ccc(O)cc2)oc2c3c(cc(O)c12)O[C@@]1(C3)[C@H](O)[C@H](CO)[C@@H](O)[C@@H]1O. The molecule has 0 bridgehead atoms. The highest BCUT2D eigenvalue weighted by molar-refractivity contribution is 5.90. The number of aliphatic hydroxyl groups excluding tert-OH is 4. The van der Waals surface area contributed by atoms with Crippen LogP contribution in [0, 0.1) is 5.92 Å². The average molecular weight is 428 g/mol. The van der Waals surface area contributed by atoms with Gasteiger partial charge in [-0.3, -0.25) is 4.79 Å². The Bertz CT molecular complexity index is 1230. The maximum Gasteiger partial charge on any atom is 0.197 e. The second-order valence-electron chi connectivity index (χ2n) is 8.06. The summed E-state index contributed by atoms with van der Waals surface area (Å²) in [5.74, 6) is -1.09. The van der Waals surface area contributed by atoms with Gasteiger partial charge in [0, 0.05) is 35.6 Å². The number of benzene rings is 2. The fourth-order valence-electron chi connectivity index (χ4n) is 4.67. The summed E-state index contributed by atoms with van der Waals surface area (Å²) < 4.78 is 11.8. The number of phenols is 2. The minimum Gasteiger partial charge on any atom is -0.508 e. The molecule has 162 valence electrons. The molecule has 3 aromatic rings. The first kappa shape index (κ1) is 19.8. The minimum atomic E-state index is -1.66. The Morgan fingerprint density at radius 3 is 2.39 bits per heavy atom. The summed E-state index contributed by atoms with van der Waals surface area (Å²) in [6.07, 6.45) is -4.46. The van der Waals surface area contributed by atoms with Crippen LogP contribution in [-0.2, 0) is 6.42 Å². The summed E-state index contributed by atoms with van der Waals surface area (Å²) in [7, 11) is 0. The largest absolute Gasteiger partial charge is 0.508 e. The van der Waals surface area contributed by atoms with E-state index in [4.69, 9.17) is 9.15 Å². The molecule has 0 radical (unpaired) electrons. The van der Waals surface area contributed by atoms with Crippen LogP contribution in [0.4, 0.5) is 0 Å². The van der Waals surface area contributed by atoms with Crippen LogP contribution in [0.5, 0.6) is 17.2 Å². The van der Waals surface area contributed by atoms with Crippen molar-refractivity contribution in [1.29, 1.82) is 0 Å². The van der Waals surface area contributed by atoms with Crippen molar-refractivity contribution in [2.24, 2.45) is 5.92 Å². The third-order valence-electron chi connectivity index (χ3n) is 6.33. The lowest BCUT2D eigenvalue weighted by atomic mass is 9.89. The van der Waals surface area contributed by atoms with Gasteiger partial charge in [-0.05, 0) is 24.3 Å². The van der Waals surface area contributed by atoms with E-state index in [-0.39, 0.29) is 34.6 Å². The van der Waals surface area contributed by atoms with Crippen LogP contribution in [0.25, 0.3) is 22.3 Å². The molecular weight excluding hydrogens is 408 g/mol. The van der Waals surface area contributed by atoms with Gasteiger partial charge in [0.1, 0.15) is 46.2 Å². The zero-order chi connectivity index (χ0) is 22.1. The normalized spacial score (nSPS) is 29.4. The Balaban J connectivity index is 1.69. The van der Waals surface area contributed by atoms with E-state index in [9.17, 15) is 35.4 Å². The number of ether oxygens (including phenoxy) is 1. The van der Waals surface area contributed by atoms with Gasteiger partial charge < -0.3 is 39.8 Å². The summed E-state index contributed by atoms with van der Waals surface area (Å²) in [6, 6.07) is 8.43. The maximum absolute atomic E-state index is 12.8. The molecule has 1 aromatic heterocycles. The molecule has 6 N–H and O–H groups in total. The molecule has 1 aliphatic carbocycles. The molecule has 2 aliphatic rings. The Kier molecular flexibility index (Phi) is 4.28. The van der Waals surface area contributed by atoms with Gasteiger partial charge >= 0.3 is 0 Å². The molecule has 5 atom stereocenters. The first-order valence-electron chi connectivity index (χ1n) is 9.73. The molecule has 2 heterocycles. The maximum atomic E-state index is 12.8. The highest BCUT2D eigenvalue weighted by atomic mass is 16.5. The molecule has 1 fully saturated rings. The first-order valence-corrected chi connectivity index (χ1v) is 9.73. The van der Waals surface area contributed by atoms with Crippen LogP contribution in [0.15, 0.2) is 45.6 Å². The number of fused-ring (bicyclic) bond motifs is 3. The third-order valence-corrected chi connectivity index (χ3v) is 6.33. The molecule has 0 unspecified atom stereocenters. The number of hydrogen-bond acceptors (Lipinski definition) is 9. The van der Waals surface area contributed by atoms with E-state index in [2.05, 4.69) is 0 Å². The van der Waals surface area contributed by atoms with E-state index in [1.807, 2.05) is 0 Å². The van der Waals surface area contributed by atoms with E-state index < -0.39 is 47.6 Å². The van der Waals surface area contributed by atoms with Gasteiger partial charge in [0.15, 0.2) is 11.0 Å². The van der Waals surface area contributed by atoms with Crippen LogP contribution in [0.1, 0.15) is 5.56 Å². The molecule has 0 amide bonds. The fraction of sp³-hybridized carbons (Fsp3) is 0.318. The molecule has 31 heavy (non-hydrogen) atoms. The lowest BCUT2D eigenvalue weighted by Crippen LogP contribution is -2.52. The number of rotatable bonds is 2. The van der Waals surface area contributed by atoms with Gasteiger partial charge in [-0.15, -0.1) is 0 Å². The van der Waals surface area contributed by atoms with E-state index >= 15 is 0 Å². The quantitative estimate of drug-likeness (QED) is 0.336. The second kappa shape index (κ2) is 6.69. The van der Waals surface area contributed by atoms with E-state index in [0.29, 0.717) is 11.1 Å². The summed E-state index contributed by atoms with van der Waals surface area (Å²) in [5.41, 5.74) is -1.29. The standard InChI is InChI=1S/C22H20O9/c23-8-12-18(27)21(29)22(20(12)28)7-11-16(31-22)6-14(26)17-13(25)5-15(30-19(11)17)9-1-3-10(24)4-2-9/h1-6,12,18,20-21,23-24,26-29H,7-8H2/t12-,18-,20-,21+,22+/m1/s1. The molecule has 5 rings (SSSR count). The fourth-order valence-corrected chi connectivity index (χ4v) is 4.67. The Morgan fingerprint density at radius 1 is 1.03 bits per heavy atom. The number of aliphatic hydroxyl groups is 4. The zero-order valence-corrected chi connectivity index (χ0v) is 16.1.